The normalized spacial score (nSPS) is 16.8. The third-order valence-corrected chi connectivity index (χ3v) is 7.59. The van der Waals surface area contributed by atoms with Gasteiger partial charge in [0.25, 0.3) is 0 Å². The molecular formula is C26H26FN5O5. The van der Waals surface area contributed by atoms with Crippen LogP contribution in [0.5, 0.6) is 5.75 Å². The lowest BCUT2D eigenvalue weighted by molar-refractivity contribution is 0.0692. The van der Waals surface area contributed by atoms with Crippen molar-refractivity contribution in [2.45, 2.75) is 43.9 Å². The number of carboxylic acid groups (broad SMARTS) is 1. The van der Waals surface area contributed by atoms with Crippen LogP contribution in [0.2, 0.25) is 0 Å². The number of carbonyl (C=O) groups is 1. The molecule has 1 spiro atoms. The molecule has 11 heteroatoms. The van der Waals surface area contributed by atoms with Crippen LogP contribution in [0.3, 0.4) is 0 Å². The zero-order chi connectivity index (χ0) is 25.9. The predicted molar refractivity (Wildman–Crippen MR) is 136 cm³/mol. The van der Waals surface area contributed by atoms with Gasteiger partial charge in [0.1, 0.15) is 17.9 Å². The first-order chi connectivity index (χ1) is 17.8. The summed E-state index contributed by atoms with van der Waals surface area (Å²) in [5.41, 5.74) is 5.70. The van der Waals surface area contributed by atoms with E-state index in [2.05, 4.69) is 10.3 Å². The second kappa shape index (κ2) is 8.48. The number of nitrogens with one attached hydrogen (secondary N) is 1. The van der Waals surface area contributed by atoms with E-state index in [1.165, 1.54) is 6.20 Å². The van der Waals surface area contributed by atoms with Gasteiger partial charge in [-0.05, 0) is 25.0 Å². The summed E-state index contributed by atoms with van der Waals surface area (Å²) >= 11 is 0. The number of para-hydroxylation sites is 2. The molecule has 2 aromatic heterocycles. The van der Waals surface area contributed by atoms with Crippen molar-refractivity contribution in [1.82, 2.24) is 14.1 Å². The molecule has 3 heterocycles. The first-order valence-corrected chi connectivity index (χ1v) is 12.2. The van der Waals surface area contributed by atoms with Gasteiger partial charge in [-0.3, -0.25) is 4.79 Å². The number of hydrogen-bond acceptors (Lipinski definition) is 7. The number of aliphatic hydroxyl groups is 1. The van der Waals surface area contributed by atoms with Gasteiger partial charge in [-0.25, -0.2) is 14.2 Å². The van der Waals surface area contributed by atoms with Gasteiger partial charge in [-0.15, -0.1) is 0 Å². The third kappa shape index (κ3) is 3.52. The molecular weight excluding hydrogens is 481 g/mol. The molecule has 5 N–H and O–H groups in total. The number of aromatic carboxylic acids is 1. The fourth-order valence-corrected chi connectivity index (χ4v) is 5.74. The minimum Gasteiger partial charge on any atom is -0.487 e. The Kier molecular flexibility index (Phi) is 5.34. The minimum absolute atomic E-state index is 0.0344. The predicted octanol–water partition coefficient (Wildman–Crippen LogP) is 2.91. The lowest BCUT2D eigenvalue weighted by Gasteiger charge is -2.39. The van der Waals surface area contributed by atoms with Crippen LogP contribution in [0, 0.1) is 5.82 Å². The number of imidazole rings is 1. The number of anilines is 2. The van der Waals surface area contributed by atoms with Gasteiger partial charge in [-0.1, -0.05) is 25.0 Å². The number of carboxylic acids is 1. The van der Waals surface area contributed by atoms with Crippen molar-refractivity contribution in [2.24, 2.45) is 0 Å². The largest absolute Gasteiger partial charge is 0.487 e. The van der Waals surface area contributed by atoms with E-state index in [0.717, 1.165) is 36.7 Å². The van der Waals surface area contributed by atoms with Crippen LogP contribution < -0.4 is 21.2 Å². The second-order valence-electron chi connectivity index (χ2n) is 9.84. The fourth-order valence-electron chi connectivity index (χ4n) is 5.74. The molecule has 1 aliphatic heterocycles. The first kappa shape index (κ1) is 23.3. The molecule has 6 rings (SSSR count). The van der Waals surface area contributed by atoms with Crippen LogP contribution in [0.25, 0.3) is 21.9 Å². The monoisotopic (exact) mass is 507 g/mol. The van der Waals surface area contributed by atoms with Crippen molar-refractivity contribution in [3.63, 3.8) is 0 Å². The Balaban J connectivity index is 1.41. The molecule has 0 amide bonds. The van der Waals surface area contributed by atoms with Gasteiger partial charge >= 0.3 is 5.97 Å². The number of halogens is 1. The Morgan fingerprint density at radius 3 is 2.81 bits per heavy atom. The van der Waals surface area contributed by atoms with Gasteiger partial charge < -0.3 is 35.1 Å². The standard InChI is InChI=1S/C26H26FN5O5/c27-19-20(28)18-22-24(21(19)29-9-14(33)10-31-13-30-16-5-1-2-6-17(16)31)37-12-26(7-3-4-8-26)32(22)11-15(23(18)34)25(35)36/h1-2,5-6,11,13-14,29,33H,3-4,7-10,12,28H2,(H,35,36). The van der Waals surface area contributed by atoms with E-state index in [4.69, 9.17) is 10.5 Å². The summed E-state index contributed by atoms with van der Waals surface area (Å²) in [5, 5.41) is 23.1. The summed E-state index contributed by atoms with van der Waals surface area (Å²) in [7, 11) is 0. The smallest absolute Gasteiger partial charge is 0.341 e. The number of ether oxygens (including phenoxy) is 1. The quantitative estimate of drug-likeness (QED) is 0.292. The SMILES string of the molecule is Nc1c(F)c(NCC(O)Cn2cnc3ccccc32)c2c3c1c(=O)c(C(=O)O)cn3C1(CCCC1)CO2. The Bertz CT molecular complexity index is 1620. The molecule has 0 saturated heterocycles. The van der Waals surface area contributed by atoms with Crippen molar-refractivity contribution >= 4 is 39.3 Å². The number of nitrogen functional groups attached to an aromatic ring is 1. The lowest BCUT2D eigenvalue weighted by atomic mass is 9.93. The van der Waals surface area contributed by atoms with Crippen molar-refractivity contribution < 1.29 is 24.1 Å². The maximum atomic E-state index is 15.6. The number of nitrogens with zero attached hydrogens (tertiary/aromatic N) is 3. The van der Waals surface area contributed by atoms with Gasteiger partial charge in [0.2, 0.25) is 5.43 Å². The Hall–Kier alpha value is -4.12. The molecule has 1 aliphatic carbocycles. The van der Waals surface area contributed by atoms with Crippen molar-refractivity contribution in [3.8, 4) is 5.75 Å². The Morgan fingerprint density at radius 1 is 1.30 bits per heavy atom. The molecule has 10 nitrogen and oxygen atoms in total. The van der Waals surface area contributed by atoms with Gasteiger partial charge in [0, 0.05) is 12.7 Å². The number of pyridine rings is 1. The molecule has 0 bridgehead atoms. The van der Waals surface area contributed by atoms with Gasteiger partial charge in [0.15, 0.2) is 11.6 Å². The zero-order valence-electron chi connectivity index (χ0n) is 19.9. The Morgan fingerprint density at radius 2 is 2.05 bits per heavy atom. The third-order valence-electron chi connectivity index (χ3n) is 7.59. The van der Waals surface area contributed by atoms with E-state index in [-0.39, 0.29) is 42.0 Å². The number of fused-ring (bicyclic) bond motifs is 2. The highest BCUT2D eigenvalue weighted by atomic mass is 19.1. The molecule has 1 unspecified atom stereocenters. The average Bonchev–Trinajstić information content (AvgIpc) is 3.52. The van der Waals surface area contributed by atoms with Crippen molar-refractivity contribution in [1.29, 1.82) is 0 Å². The maximum Gasteiger partial charge on any atom is 0.341 e. The van der Waals surface area contributed by atoms with Gasteiger partial charge in [0.05, 0.1) is 52.1 Å². The molecule has 2 aliphatic rings. The second-order valence-corrected chi connectivity index (χ2v) is 9.84. The van der Waals surface area contributed by atoms with Crippen LogP contribution in [-0.4, -0.2) is 49.6 Å². The molecule has 0 radical (unpaired) electrons. The van der Waals surface area contributed by atoms with E-state index in [0.29, 0.717) is 0 Å². The summed E-state index contributed by atoms with van der Waals surface area (Å²) in [6.07, 6.45) is 5.38. The van der Waals surface area contributed by atoms with Crippen LogP contribution >= 0.6 is 0 Å². The number of aliphatic hydroxyl groups excluding tert-OH is 1. The molecule has 1 atom stereocenters. The van der Waals surface area contributed by atoms with Crippen LogP contribution in [-0.2, 0) is 12.1 Å². The number of benzene rings is 2. The van der Waals surface area contributed by atoms with E-state index in [1.54, 1.807) is 10.9 Å². The number of rotatable bonds is 6. The lowest BCUT2D eigenvalue weighted by Crippen LogP contribution is -2.42. The average molecular weight is 508 g/mol. The van der Waals surface area contributed by atoms with Gasteiger partial charge in [-0.2, -0.15) is 0 Å². The summed E-state index contributed by atoms with van der Waals surface area (Å²) in [4.78, 5) is 29.3. The summed E-state index contributed by atoms with van der Waals surface area (Å²) in [6.45, 7) is 0.385. The zero-order valence-corrected chi connectivity index (χ0v) is 19.9. The van der Waals surface area contributed by atoms with Crippen molar-refractivity contribution in [3.05, 3.63) is 58.4 Å². The molecule has 1 saturated carbocycles. The first-order valence-electron chi connectivity index (χ1n) is 12.2. The van der Waals surface area contributed by atoms with Crippen LogP contribution in [0.15, 0.2) is 41.6 Å². The fraction of sp³-hybridized carbons (Fsp3) is 0.346. The summed E-state index contributed by atoms with van der Waals surface area (Å²) < 4.78 is 25.2. The molecule has 37 heavy (non-hydrogen) atoms. The summed E-state index contributed by atoms with van der Waals surface area (Å²) in [5.74, 6) is -2.22. The number of nitrogens with two attached hydrogens (primary N) is 1. The summed E-state index contributed by atoms with van der Waals surface area (Å²) in [6, 6.07) is 7.53. The highest BCUT2D eigenvalue weighted by molar-refractivity contribution is 6.03. The number of aromatic nitrogens is 3. The van der Waals surface area contributed by atoms with E-state index < -0.39 is 40.1 Å². The molecule has 1 fully saturated rings. The van der Waals surface area contributed by atoms with Crippen molar-refractivity contribution in [2.75, 3.05) is 24.2 Å². The topological polar surface area (TPSA) is 145 Å². The van der Waals surface area contributed by atoms with Crippen LogP contribution in [0.1, 0.15) is 36.0 Å². The minimum atomic E-state index is -1.39. The van der Waals surface area contributed by atoms with E-state index in [9.17, 15) is 19.8 Å². The maximum absolute atomic E-state index is 15.6. The molecule has 2 aromatic carbocycles. The highest BCUT2D eigenvalue weighted by Crippen LogP contribution is 2.48. The molecule has 4 aromatic rings. The Labute approximate surface area is 210 Å². The van der Waals surface area contributed by atoms with Crippen LogP contribution in [0.4, 0.5) is 15.8 Å². The highest BCUT2D eigenvalue weighted by Gasteiger charge is 2.43. The van der Waals surface area contributed by atoms with E-state index >= 15 is 4.39 Å². The number of hydrogen-bond donors (Lipinski definition) is 4. The van der Waals surface area contributed by atoms with E-state index in [1.807, 2.05) is 28.8 Å². The molecule has 192 valence electrons.